The molecule has 0 fully saturated rings. The largest absolute Gasteiger partial charge is 0.497 e. The van der Waals surface area contributed by atoms with Gasteiger partial charge in [0.15, 0.2) is 0 Å². The first-order valence-electron chi connectivity index (χ1n) is 7.28. The van der Waals surface area contributed by atoms with Gasteiger partial charge in [-0.15, -0.1) is 0 Å². The van der Waals surface area contributed by atoms with E-state index >= 15 is 0 Å². The van der Waals surface area contributed by atoms with E-state index in [0.29, 0.717) is 35.1 Å². The van der Waals surface area contributed by atoms with Crippen LogP contribution in [0.15, 0.2) is 59.1 Å². The van der Waals surface area contributed by atoms with Crippen LogP contribution in [-0.2, 0) is 17.8 Å². The highest BCUT2D eigenvalue weighted by molar-refractivity contribution is 6.30. The molecule has 4 heteroatoms. The van der Waals surface area contributed by atoms with Gasteiger partial charge in [0.05, 0.1) is 7.11 Å². The predicted octanol–water partition coefficient (Wildman–Crippen LogP) is 4.53. The summed E-state index contributed by atoms with van der Waals surface area (Å²) < 4.78 is 11.2. The van der Waals surface area contributed by atoms with Crippen LogP contribution >= 0.6 is 11.6 Å². The van der Waals surface area contributed by atoms with E-state index in [1.54, 1.807) is 14.0 Å². The number of allylic oxidation sites excluding steroid dienone is 2. The smallest absolute Gasteiger partial charge is 0.147 e. The van der Waals surface area contributed by atoms with Crippen molar-refractivity contribution < 1.29 is 14.3 Å². The van der Waals surface area contributed by atoms with Crippen molar-refractivity contribution >= 4 is 17.9 Å². The minimum Gasteiger partial charge on any atom is -0.497 e. The molecule has 0 amide bonds. The van der Waals surface area contributed by atoms with Crippen LogP contribution in [0.25, 0.3) is 0 Å². The maximum absolute atomic E-state index is 11.2. The number of carbonyl (C=O) groups excluding carboxylic acids is 1. The first-order valence-corrected chi connectivity index (χ1v) is 7.66. The molecule has 120 valence electrons. The monoisotopic (exact) mass is 330 g/mol. The molecule has 0 aliphatic heterocycles. The summed E-state index contributed by atoms with van der Waals surface area (Å²) in [5, 5.41) is 0.483. The van der Waals surface area contributed by atoms with Gasteiger partial charge in [-0.05, 0) is 30.7 Å². The Morgan fingerprint density at radius 1 is 1.17 bits per heavy atom. The van der Waals surface area contributed by atoms with Crippen LogP contribution in [0.2, 0.25) is 0 Å². The highest BCUT2D eigenvalue weighted by Gasteiger charge is 2.10. The van der Waals surface area contributed by atoms with Gasteiger partial charge < -0.3 is 9.47 Å². The molecule has 0 unspecified atom stereocenters. The van der Waals surface area contributed by atoms with Crippen LogP contribution in [0.5, 0.6) is 11.5 Å². The molecule has 0 atom stereocenters. The summed E-state index contributed by atoms with van der Waals surface area (Å²) >= 11 is 5.97. The molecular weight excluding hydrogens is 312 g/mol. The SMILES string of the molecule is COc1ccc(OCc2ccccc2)c(C/C(C=O)=C(\C)Cl)c1. The lowest BCUT2D eigenvalue weighted by molar-refractivity contribution is -0.105. The Labute approximate surface area is 141 Å². The third-order valence-electron chi connectivity index (χ3n) is 3.47. The number of ether oxygens (including phenoxy) is 2. The molecule has 0 heterocycles. The molecule has 0 N–H and O–H groups in total. The van der Waals surface area contributed by atoms with Crippen molar-refractivity contribution in [2.45, 2.75) is 20.0 Å². The van der Waals surface area contributed by atoms with Crippen LogP contribution in [0, 0.1) is 0 Å². The Kier molecular flexibility index (Phi) is 6.24. The van der Waals surface area contributed by atoms with Gasteiger partial charge in [0.1, 0.15) is 24.4 Å². The third kappa shape index (κ3) is 4.86. The standard InChI is InChI=1S/C19H19ClO3/c1-14(20)17(12-21)10-16-11-18(22-2)8-9-19(16)23-13-15-6-4-3-5-7-15/h3-9,11-12H,10,13H2,1-2H3/b17-14-. The van der Waals surface area contributed by atoms with Crippen LogP contribution in [0.4, 0.5) is 0 Å². The second-order valence-corrected chi connectivity index (χ2v) is 5.67. The zero-order valence-corrected chi connectivity index (χ0v) is 14.0. The second-order valence-electron chi connectivity index (χ2n) is 5.10. The van der Waals surface area contributed by atoms with Gasteiger partial charge in [-0.2, -0.15) is 0 Å². The molecule has 0 bridgehead atoms. The number of aldehydes is 1. The minimum absolute atomic E-state index is 0.403. The molecular formula is C19H19ClO3. The van der Waals surface area contributed by atoms with E-state index in [-0.39, 0.29) is 0 Å². The van der Waals surface area contributed by atoms with Crippen LogP contribution in [-0.4, -0.2) is 13.4 Å². The number of halogens is 1. The first kappa shape index (κ1) is 17.1. The molecule has 2 aromatic carbocycles. The van der Waals surface area contributed by atoms with Crippen molar-refractivity contribution in [3.63, 3.8) is 0 Å². The van der Waals surface area contributed by atoms with E-state index in [0.717, 1.165) is 17.4 Å². The first-order chi connectivity index (χ1) is 11.1. The van der Waals surface area contributed by atoms with Crippen LogP contribution in [0.3, 0.4) is 0 Å². The average molecular weight is 331 g/mol. The minimum atomic E-state index is 0.403. The van der Waals surface area contributed by atoms with E-state index in [1.165, 1.54) is 0 Å². The van der Waals surface area contributed by atoms with E-state index in [2.05, 4.69) is 0 Å². The number of hydrogen-bond acceptors (Lipinski definition) is 3. The molecule has 3 nitrogen and oxygen atoms in total. The van der Waals surface area contributed by atoms with Gasteiger partial charge >= 0.3 is 0 Å². The quantitative estimate of drug-likeness (QED) is 0.552. The molecule has 0 saturated carbocycles. The lowest BCUT2D eigenvalue weighted by atomic mass is 10.0. The lowest BCUT2D eigenvalue weighted by Crippen LogP contribution is -2.01. The van der Waals surface area contributed by atoms with Crippen molar-refractivity contribution in [3.8, 4) is 11.5 Å². The summed E-state index contributed by atoms with van der Waals surface area (Å²) in [6, 6.07) is 15.5. The molecule has 0 aliphatic rings. The van der Waals surface area contributed by atoms with Gasteiger partial charge in [0.2, 0.25) is 0 Å². The van der Waals surface area contributed by atoms with Crippen molar-refractivity contribution in [1.82, 2.24) is 0 Å². The zero-order valence-electron chi connectivity index (χ0n) is 13.2. The lowest BCUT2D eigenvalue weighted by Gasteiger charge is -2.13. The Balaban J connectivity index is 2.24. The number of carbonyl (C=O) groups is 1. The fraction of sp³-hybridized carbons (Fsp3) is 0.211. The third-order valence-corrected chi connectivity index (χ3v) is 3.71. The van der Waals surface area contributed by atoms with Crippen LogP contribution in [0.1, 0.15) is 18.1 Å². The average Bonchev–Trinajstić information content (AvgIpc) is 2.58. The molecule has 0 spiro atoms. The van der Waals surface area contributed by atoms with Crippen molar-refractivity contribution in [3.05, 3.63) is 70.3 Å². The number of hydrogen-bond donors (Lipinski definition) is 0. The van der Waals surface area contributed by atoms with Crippen LogP contribution < -0.4 is 9.47 Å². The second kappa shape index (κ2) is 8.39. The van der Waals surface area contributed by atoms with Crippen molar-refractivity contribution in [2.75, 3.05) is 7.11 Å². The molecule has 2 rings (SSSR count). The molecule has 0 aromatic heterocycles. The molecule has 0 radical (unpaired) electrons. The predicted molar refractivity (Wildman–Crippen MR) is 92.1 cm³/mol. The van der Waals surface area contributed by atoms with Gasteiger partial charge in [-0.1, -0.05) is 41.9 Å². The molecule has 2 aromatic rings. The van der Waals surface area contributed by atoms with E-state index in [1.807, 2.05) is 48.5 Å². The fourth-order valence-corrected chi connectivity index (χ4v) is 2.26. The van der Waals surface area contributed by atoms with E-state index in [4.69, 9.17) is 21.1 Å². The molecule has 23 heavy (non-hydrogen) atoms. The fourth-order valence-electron chi connectivity index (χ4n) is 2.15. The maximum Gasteiger partial charge on any atom is 0.147 e. The van der Waals surface area contributed by atoms with Gasteiger partial charge in [0, 0.05) is 22.6 Å². The number of benzene rings is 2. The molecule has 0 saturated heterocycles. The highest BCUT2D eigenvalue weighted by Crippen LogP contribution is 2.28. The Hall–Kier alpha value is -2.26. The summed E-state index contributed by atoms with van der Waals surface area (Å²) in [5.41, 5.74) is 2.47. The summed E-state index contributed by atoms with van der Waals surface area (Å²) in [5.74, 6) is 1.43. The molecule has 0 aliphatic carbocycles. The summed E-state index contributed by atoms with van der Waals surface area (Å²) in [7, 11) is 1.60. The van der Waals surface area contributed by atoms with E-state index < -0.39 is 0 Å². The summed E-state index contributed by atoms with van der Waals surface area (Å²) in [4.78, 5) is 11.2. The maximum atomic E-state index is 11.2. The van der Waals surface area contributed by atoms with Gasteiger partial charge in [-0.25, -0.2) is 0 Å². The van der Waals surface area contributed by atoms with Crippen molar-refractivity contribution in [1.29, 1.82) is 0 Å². The van der Waals surface area contributed by atoms with Gasteiger partial charge in [0.25, 0.3) is 0 Å². The Morgan fingerprint density at radius 2 is 1.91 bits per heavy atom. The van der Waals surface area contributed by atoms with E-state index in [9.17, 15) is 4.79 Å². The number of rotatable bonds is 7. The topological polar surface area (TPSA) is 35.5 Å². The highest BCUT2D eigenvalue weighted by atomic mass is 35.5. The summed E-state index contributed by atoms with van der Waals surface area (Å²) in [6.45, 7) is 2.16. The zero-order chi connectivity index (χ0) is 16.7. The summed E-state index contributed by atoms with van der Waals surface area (Å²) in [6.07, 6.45) is 1.18. The number of methoxy groups -OCH3 is 1. The Bertz CT molecular complexity index is 689. The normalized spacial score (nSPS) is 11.6. The van der Waals surface area contributed by atoms with Crippen molar-refractivity contribution in [2.24, 2.45) is 0 Å². The Morgan fingerprint density at radius 3 is 2.52 bits per heavy atom. The van der Waals surface area contributed by atoms with Gasteiger partial charge in [-0.3, -0.25) is 4.79 Å².